The lowest BCUT2D eigenvalue weighted by molar-refractivity contribution is 0.712. The molecule has 1 aromatic carbocycles. The SMILES string of the molecule is Cc1ncc(Cn2nc(I)c3ccccc32)s1. The van der Waals surface area contributed by atoms with Crippen molar-refractivity contribution in [2.75, 3.05) is 0 Å². The van der Waals surface area contributed by atoms with Gasteiger partial charge in [0.25, 0.3) is 0 Å². The van der Waals surface area contributed by atoms with E-state index in [1.807, 2.05) is 23.9 Å². The molecule has 0 amide bonds. The third kappa shape index (κ3) is 2.09. The molecule has 0 aliphatic heterocycles. The van der Waals surface area contributed by atoms with Crippen LogP contribution in [0.15, 0.2) is 30.5 Å². The van der Waals surface area contributed by atoms with Crippen LogP contribution < -0.4 is 0 Å². The molecular formula is C12H10IN3S. The standard InChI is InChI=1S/C12H10IN3S/c1-8-14-6-9(17-8)7-16-11-5-3-2-4-10(11)12(13)15-16/h2-6H,7H2,1H3. The minimum Gasteiger partial charge on any atom is -0.258 e. The van der Waals surface area contributed by atoms with Gasteiger partial charge < -0.3 is 0 Å². The monoisotopic (exact) mass is 355 g/mol. The lowest BCUT2D eigenvalue weighted by Crippen LogP contribution is -1.99. The van der Waals surface area contributed by atoms with Gasteiger partial charge in [-0.1, -0.05) is 18.2 Å². The fourth-order valence-electron chi connectivity index (χ4n) is 1.83. The Morgan fingerprint density at radius 1 is 1.35 bits per heavy atom. The summed E-state index contributed by atoms with van der Waals surface area (Å²) in [6.07, 6.45) is 1.93. The predicted octanol–water partition coefficient (Wildman–Crippen LogP) is 3.45. The Hall–Kier alpha value is -0.950. The Kier molecular flexibility index (Phi) is 2.87. The summed E-state index contributed by atoms with van der Waals surface area (Å²) in [6, 6.07) is 8.32. The van der Waals surface area contributed by atoms with Gasteiger partial charge in [0.05, 0.1) is 17.1 Å². The average Bonchev–Trinajstić information content (AvgIpc) is 2.86. The molecule has 0 radical (unpaired) electrons. The Morgan fingerprint density at radius 3 is 2.94 bits per heavy atom. The number of nitrogens with zero attached hydrogens (tertiary/aromatic N) is 3. The van der Waals surface area contributed by atoms with Crippen molar-refractivity contribution in [3.05, 3.63) is 44.0 Å². The molecule has 17 heavy (non-hydrogen) atoms. The number of hydrogen-bond acceptors (Lipinski definition) is 3. The predicted molar refractivity (Wildman–Crippen MR) is 78.4 cm³/mol. The quantitative estimate of drug-likeness (QED) is 0.660. The van der Waals surface area contributed by atoms with Crippen LogP contribution in [0.3, 0.4) is 0 Å². The van der Waals surface area contributed by atoms with Gasteiger partial charge in [-0.2, -0.15) is 5.10 Å². The van der Waals surface area contributed by atoms with E-state index in [1.165, 1.54) is 15.8 Å². The maximum absolute atomic E-state index is 4.58. The van der Waals surface area contributed by atoms with Crippen molar-refractivity contribution in [2.45, 2.75) is 13.5 Å². The van der Waals surface area contributed by atoms with Crippen LogP contribution in [-0.2, 0) is 6.54 Å². The molecule has 0 unspecified atom stereocenters. The van der Waals surface area contributed by atoms with Crippen LogP contribution in [0, 0.1) is 10.6 Å². The first-order valence-corrected chi connectivity index (χ1v) is 7.16. The fraction of sp³-hybridized carbons (Fsp3) is 0.167. The highest BCUT2D eigenvalue weighted by Gasteiger charge is 2.08. The number of halogens is 1. The molecule has 5 heteroatoms. The minimum atomic E-state index is 0.801. The molecule has 0 fully saturated rings. The van der Waals surface area contributed by atoms with Crippen LogP contribution in [0.25, 0.3) is 10.9 Å². The van der Waals surface area contributed by atoms with Gasteiger partial charge in [0.2, 0.25) is 0 Å². The zero-order valence-electron chi connectivity index (χ0n) is 9.22. The van der Waals surface area contributed by atoms with Gasteiger partial charge in [0.1, 0.15) is 3.70 Å². The third-order valence-electron chi connectivity index (χ3n) is 2.59. The number of benzene rings is 1. The van der Waals surface area contributed by atoms with Crippen molar-refractivity contribution in [2.24, 2.45) is 0 Å². The van der Waals surface area contributed by atoms with Crippen LogP contribution in [-0.4, -0.2) is 14.8 Å². The molecule has 0 saturated carbocycles. The van der Waals surface area contributed by atoms with Gasteiger partial charge in [-0.25, -0.2) is 4.98 Å². The first-order chi connectivity index (χ1) is 8.24. The molecule has 0 aliphatic carbocycles. The highest BCUT2D eigenvalue weighted by Crippen LogP contribution is 2.22. The summed E-state index contributed by atoms with van der Waals surface area (Å²) in [5.41, 5.74) is 1.18. The maximum Gasteiger partial charge on any atom is 0.131 e. The van der Waals surface area contributed by atoms with Crippen LogP contribution in [0.2, 0.25) is 0 Å². The first kappa shape index (κ1) is 11.2. The second-order valence-electron chi connectivity index (χ2n) is 3.81. The number of fused-ring (bicyclic) bond motifs is 1. The van der Waals surface area contributed by atoms with Gasteiger partial charge in [0.15, 0.2) is 0 Å². The van der Waals surface area contributed by atoms with E-state index < -0.39 is 0 Å². The van der Waals surface area contributed by atoms with Crippen LogP contribution in [0.5, 0.6) is 0 Å². The molecule has 3 nitrogen and oxygen atoms in total. The Labute approximate surface area is 117 Å². The molecule has 3 rings (SSSR count). The molecule has 0 spiro atoms. The summed E-state index contributed by atoms with van der Waals surface area (Å²) in [6.45, 7) is 2.83. The normalized spacial score (nSPS) is 11.2. The van der Waals surface area contributed by atoms with Crippen molar-refractivity contribution in [3.63, 3.8) is 0 Å². The van der Waals surface area contributed by atoms with Gasteiger partial charge in [-0.3, -0.25) is 4.68 Å². The number of hydrogen-bond donors (Lipinski definition) is 0. The molecule has 2 heterocycles. The highest BCUT2D eigenvalue weighted by atomic mass is 127. The lowest BCUT2D eigenvalue weighted by Gasteiger charge is -1.99. The third-order valence-corrected chi connectivity index (χ3v) is 4.28. The summed E-state index contributed by atoms with van der Waals surface area (Å²) < 4.78 is 3.10. The summed E-state index contributed by atoms with van der Waals surface area (Å²) in [5, 5.41) is 6.90. The van der Waals surface area contributed by atoms with Crippen LogP contribution in [0.1, 0.15) is 9.88 Å². The van der Waals surface area contributed by atoms with Crippen LogP contribution in [0.4, 0.5) is 0 Å². The molecule has 2 aromatic heterocycles. The number of aromatic nitrogens is 3. The Morgan fingerprint density at radius 2 is 2.18 bits per heavy atom. The Balaban J connectivity index is 2.06. The minimum absolute atomic E-state index is 0.801. The molecule has 0 N–H and O–H groups in total. The number of rotatable bonds is 2. The Bertz CT molecular complexity index is 671. The topological polar surface area (TPSA) is 30.7 Å². The number of thiazole rings is 1. The molecule has 3 aromatic rings. The average molecular weight is 355 g/mol. The highest BCUT2D eigenvalue weighted by molar-refractivity contribution is 14.1. The second-order valence-corrected chi connectivity index (χ2v) is 6.15. The molecule has 86 valence electrons. The largest absolute Gasteiger partial charge is 0.258 e. The fourth-order valence-corrected chi connectivity index (χ4v) is 3.33. The summed E-state index contributed by atoms with van der Waals surface area (Å²) in [7, 11) is 0. The molecule has 0 saturated heterocycles. The summed E-state index contributed by atoms with van der Waals surface area (Å²) in [5.74, 6) is 0. The van der Waals surface area contributed by atoms with Crippen molar-refractivity contribution >= 4 is 44.8 Å². The van der Waals surface area contributed by atoms with E-state index in [0.717, 1.165) is 15.3 Å². The van der Waals surface area contributed by atoms with Crippen molar-refractivity contribution in [3.8, 4) is 0 Å². The van der Waals surface area contributed by atoms with E-state index in [0.29, 0.717) is 0 Å². The van der Waals surface area contributed by atoms with Crippen molar-refractivity contribution in [1.82, 2.24) is 14.8 Å². The zero-order chi connectivity index (χ0) is 11.8. The van der Waals surface area contributed by atoms with Crippen LogP contribution >= 0.6 is 33.9 Å². The lowest BCUT2D eigenvalue weighted by atomic mass is 10.2. The van der Waals surface area contributed by atoms with E-state index in [-0.39, 0.29) is 0 Å². The molecule has 0 aliphatic rings. The first-order valence-electron chi connectivity index (χ1n) is 5.26. The van der Waals surface area contributed by atoms with Gasteiger partial charge in [-0.05, 0) is 35.6 Å². The van der Waals surface area contributed by atoms with E-state index in [4.69, 9.17) is 0 Å². The number of para-hydroxylation sites is 1. The molecule has 0 atom stereocenters. The van der Waals surface area contributed by atoms with Gasteiger partial charge in [0, 0.05) is 16.5 Å². The summed E-state index contributed by atoms with van der Waals surface area (Å²) in [4.78, 5) is 5.52. The number of aryl methyl sites for hydroxylation is 1. The van der Waals surface area contributed by atoms with E-state index in [1.54, 1.807) is 11.3 Å². The van der Waals surface area contributed by atoms with Gasteiger partial charge >= 0.3 is 0 Å². The zero-order valence-corrected chi connectivity index (χ0v) is 12.2. The van der Waals surface area contributed by atoms with E-state index >= 15 is 0 Å². The van der Waals surface area contributed by atoms with Crippen molar-refractivity contribution < 1.29 is 0 Å². The smallest absolute Gasteiger partial charge is 0.131 e. The summed E-state index contributed by atoms with van der Waals surface area (Å²) >= 11 is 4.01. The molecular weight excluding hydrogens is 345 g/mol. The van der Waals surface area contributed by atoms with Crippen molar-refractivity contribution in [1.29, 1.82) is 0 Å². The van der Waals surface area contributed by atoms with Gasteiger partial charge in [-0.15, -0.1) is 11.3 Å². The van der Waals surface area contributed by atoms with E-state index in [2.05, 4.69) is 50.9 Å². The van der Waals surface area contributed by atoms with E-state index in [9.17, 15) is 0 Å². The maximum atomic E-state index is 4.58. The second kappa shape index (κ2) is 4.38. The molecule has 0 bridgehead atoms.